The monoisotopic (exact) mass is 317 g/mol. The highest BCUT2D eigenvalue weighted by Gasteiger charge is 2.31. The molecule has 3 rings (SSSR count). The maximum absolute atomic E-state index is 14.2. The third-order valence-electron chi connectivity index (χ3n) is 3.75. The van der Waals surface area contributed by atoms with Crippen LogP contribution in [0.25, 0.3) is 0 Å². The number of aromatic amines is 1. The lowest BCUT2D eigenvalue weighted by atomic mass is 9.82. The molecule has 0 spiro atoms. The van der Waals surface area contributed by atoms with Crippen LogP contribution in [-0.2, 0) is 0 Å². The summed E-state index contributed by atoms with van der Waals surface area (Å²) < 4.78 is 40.9. The first-order valence-electron chi connectivity index (χ1n) is 6.67. The predicted molar refractivity (Wildman–Crippen MR) is 77.2 cm³/mol. The first kappa shape index (κ1) is 14.9. The molecule has 2 heterocycles. The van der Waals surface area contributed by atoms with Crippen LogP contribution in [0.5, 0.6) is 0 Å². The normalized spacial score (nSPS) is 16.6. The maximum atomic E-state index is 14.2. The fraction of sp³-hybridized carbons (Fsp3) is 0.125. The Labute approximate surface area is 128 Å². The van der Waals surface area contributed by atoms with Gasteiger partial charge in [0.1, 0.15) is 5.82 Å². The van der Waals surface area contributed by atoms with Crippen molar-refractivity contribution in [3.05, 3.63) is 74.6 Å². The fourth-order valence-electron chi connectivity index (χ4n) is 2.70. The maximum Gasteiger partial charge on any atom is 0.250 e. The summed E-state index contributed by atoms with van der Waals surface area (Å²) in [5.74, 6) is -4.42. The van der Waals surface area contributed by atoms with Crippen molar-refractivity contribution in [3.8, 4) is 6.07 Å². The summed E-state index contributed by atoms with van der Waals surface area (Å²) in [6.45, 7) is 1.59. The van der Waals surface area contributed by atoms with Crippen LogP contribution in [0.15, 0.2) is 40.5 Å². The van der Waals surface area contributed by atoms with Crippen molar-refractivity contribution in [2.24, 2.45) is 0 Å². The van der Waals surface area contributed by atoms with Gasteiger partial charge in [-0.3, -0.25) is 4.79 Å². The van der Waals surface area contributed by atoms with Gasteiger partial charge in [-0.25, -0.2) is 13.2 Å². The summed E-state index contributed by atoms with van der Waals surface area (Å²) in [5.41, 5.74) is 0.814. The van der Waals surface area contributed by atoms with E-state index in [0.717, 1.165) is 6.07 Å². The second-order valence-electron chi connectivity index (χ2n) is 5.16. The van der Waals surface area contributed by atoms with E-state index in [4.69, 9.17) is 0 Å². The Morgan fingerprint density at radius 1 is 1.09 bits per heavy atom. The van der Waals surface area contributed by atoms with Gasteiger partial charge >= 0.3 is 0 Å². The standard InChI is InChI=1S/C16H10F3N3O/c1-7-9(5-20)16(8-2-12(18)13(19)3-11(8)17)10-6-21-15(23)4-14(10)22-7/h2-4,6,16,22H,1H3,(H,21,23). The molecule has 1 aliphatic heterocycles. The first-order chi connectivity index (χ1) is 10.9. The van der Waals surface area contributed by atoms with Gasteiger partial charge in [0.25, 0.3) is 0 Å². The summed E-state index contributed by atoms with van der Waals surface area (Å²) >= 11 is 0. The van der Waals surface area contributed by atoms with E-state index in [1.54, 1.807) is 6.92 Å². The molecule has 0 saturated heterocycles. The van der Waals surface area contributed by atoms with Crippen LogP contribution < -0.4 is 10.9 Å². The number of hydrogen-bond acceptors (Lipinski definition) is 3. The van der Waals surface area contributed by atoms with Gasteiger partial charge in [-0.15, -0.1) is 0 Å². The fourth-order valence-corrected chi connectivity index (χ4v) is 2.70. The first-order valence-corrected chi connectivity index (χ1v) is 6.67. The van der Waals surface area contributed by atoms with E-state index in [2.05, 4.69) is 10.3 Å². The highest BCUT2D eigenvalue weighted by Crippen LogP contribution is 2.41. The van der Waals surface area contributed by atoms with E-state index in [-0.39, 0.29) is 16.7 Å². The van der Waals surface area contributed by atoms with Crippen LogP contribution in [0.3, 0.4) is 0 Å². The average molecular weight is 317 g/mol. The molecule has 0 aliphatic carbocycles. The van der Waals surface area contributed by atoms with E-state index in [0.29, 0.717) is 23.0 Å². The van der Waals surface area contributed by atoms with Crippen LogP contribution in [0.1, 0.15) is 24.0 Å². The van der Waals surface area contributed by atoms with Crippen molar-refractivity contribution in [2.75, 3.05) is 5.32 Å². The number of aromatic nitrogens is 1. The predicted octanol–water partition coefficient (Wildman–Crippen LogP) is 3.15. The summed E-state index contributed by atoms with van der Waals surface area (Å²) in [7, 11) is 0. The topological polar surface area (TPSA) is 68.7 Å². The summed E-state index contributed by atoms with van der Waals surface area (Å²) in [5, 5.41) is 12.3. The van der Waals surface area contributed by atoms with Gasteiger partial charge in [0.15, 0.2) is 11.6 Å². The van der Waals surface area contributed by atoms with E-state index in [9.17, 15) is 23.2 Å². The molecule has 1 aromatic carbocycles. The molecule has 1 aromatic heterocycles. The van der Waals surface area contributed by atoms with Gasteiger partial charge in [0.2, 0.25) is 5.56 Å². The second kappa shape index (κ2) is 5.32. The van der Waals surface area contributed by atoms with Crippen LogP contribution in [0.2, 0.25) is 0 Å². The largest absolute Gasteiger partial charge is 0.358 e. The second-order valence-corrected chi connectivity index (χ2v) is 5.16. The van der Waals surface area contributed by atoms with E-state index < -0.39 is 23.4 Å². The Kier molecular flexibility index (Phi) is 3.45. The molecule has 0 radical (unpaired) electrons. The van der Waals surface area contributed by atoms with Gasteiger partial charge in [-0.05, 0) is 13.0 Å². The SMILES string of the molecule is CC1=C(C#N)C(c2cc(F)c(F)cc2F)c2c[nH]c(=O)cc2N1. The third-order valence-corrected chi connectivity index (χ3v) is 3.75. The summed E-state index contributed by atoms with van der Waals surface area (Å²) in [4.78, 5) is 13.9. The molecule has 1 aliphatic rings. The minimum atomic E-state index is -1.30. The molecule has 0 fully saturated rings. The van der Waals surface area contributed by atoms with E-state index in [1.807, 2.05) is 6.07 Å². The van der Waals surface area contributed by atoms with Crippen LogP contribution in [0, 0.1) is 28.8 Å². The molecule has 1 atom stereocenters. The molecule has 0 bridgehead atoms. The molecule has 0 saturated carbocycles. The van der Waals surface area contributed by atoms with Gasteiger partial charge in [0, 0.05) is 40.8 Å². The Balaban J connectivity index is 2.31. The zero-order chi connectivity index (χ0) is 16.7. The Morgan fingerprint density at radius 2 is 1.78 bits per heavy atom. The zero-order valence-corrected chi connectivity index (χ0v) is 11.9. The van der Waals surface area contributed by atoms with Crippen molar-refractivity contribution in [1.29, 1.82) is 5.26 Å². The van der Waals surface area contributed by atoms with Gasteiger partial charge in [-0.2, -0.15) is 5.26 Å². The lowest BCUT2D eigenvalue weighted by Gasteiger charge is -2.27. The highest BCUT2D eigenvalue weighted by atomic mass is 19.2. The minimum absolute atomic E-state index is 0.162. The van der Waals surface area contributed by atoms with Crippen molar-refractivity contribution < 1.29 is 13.2 Å². The number of fused-ring (bicyclic) bond motifs is 1. The van der Waals surface area contributed by atoms with Gasteiger partial charge in [0.05, 0.1) is 17.6 Å². The number of nitrogens with one attached hydrogen (secondary N) is 2. The summed E-state index contributed by atoms with van der Waals surface area (Å²) in [6.07, 6.45) is 1.33. The number of nitriles is 1. The Morgan fingerprint density at radius 3 is 2.48 bits per heavy atom. The van der Waals surface area contributed by atoms with Crippen LogP contribution in [0.4, 0.5) is 18.9 Å². The van der Waals surface area contributed by atoms with E-state index in [1.165, 1.54) is 12.3 Å². The number of benzene rings is 1. The minimum Gasteiger partial charge on any atom is -0.358 e. The molecular weight excluding hydrogens is 307 g/mol. The van der Waals surface area contributed by atoms with Crippen LogP contribution >= 0.6 is 0 Å². The van der Waals surface area contributed by atoms with Gasteiger partial charge < -0.3 is 10.3 Å². The molecule has 2 aromatic rings. The van der Waals surface area contributed by atoms with Crippen molar-refractivity contribution in [3.63, 3.8) is 0 Å². The molecular formula is C16H10F3N3O. The number of pyridine rings is 1. The van der Waals surface area contributed by atoms with Crippen molar-refractivity contribution in [1.82, 2.24) is 4.98 Å². The number of anilines is 1. The quantitative estimate of drug-likeness (QED) is 0.794. The molecule has 23 heavy (non-hydrogen) atoms. The smallest absolute Gasteiger partial charge is 0.250 e. The van der Waals surface area contributed by atoms with Crippen LogP contribution in [-0.4, -0.2) is 4.98 Å². The number of rotatable bonds is 1. The number of H-pyrrole nitrogens is 1. The third kappa shape index (κ3) is 2.38. The lowest BCUT2D eigenvalue weighted by molar-refractivity contribution is 0.489. The molecule has 116 valence electrons. The van der Waals surface area contributed by atoms with Gasteiger partial charge in [-0.1, -0.05) is 0 Å². The van der Waals surface area contributed by atoms with E-state index >= 15 is 0 Å². The lowest BCUT2D eigenvalue weighted by Crippen LogP contribution is -2.21. The summed E-state index contributed by atoms with van der Waals surface area (Å²) in [6, 6.07) is 4.41. The average Bonchev–Trinajstić information content (AvgIpc) is 2.49. The molecule has 0 amide bonds. The molecule has 1 unspecified atom stereocenters. The van der Waals surface area contributed by atoms with Crippen molar-refractivity contribution >= 4 is 5.69 Å². The molecule has 4 nitrogen and oxygen atoms in total. The molecule has 2 N–H and O–H groups in total. The number of nitrogens with zero attached hydrogens (tertiary/aromatic N) is 1. The zero-order valence-electron chi connectivity index (χ0n) is 11.9. The number of allylic oxidation sites excluding steroid dienone is 2. The Bertz CT molecular complexity index is 941. The number of halogens is 3. The van der Waals surface area contributed by atoms with Crippen molar-refractivity contribution in [2.45, 2.75) is 12.8 Å². The molecule has 7 heteroatoms. The number of hydrogen-bond donors (Lipinski definition) is 2. The Hall–Kier alpha value is -3.01. The highest BCUT2D eigenvalue weighted by molar-refractivity contribution is 5.66.